The molecule has 4 saturated carbocycles. The topological polar surface area (TPSA) is 110 Å². The second-order valence-corrected chi connectivity index (χ2v) is 11.8. The average molecular weight is 427 g/mol. The minimum absolute atomic E-state index is 0.0480. The predicted molar refractivity (Wildman–Crippen MR) is 104 cm³/mol. The van der Waals surface area contributed by atoms with Crippen LogP contribution < -0.4 is 5.32 Å². The van der Waals surface area contributed by atoms with Crippen LogP contribution in [0.25, 0.3) is 0 Å². The molecule has 4 aliphatic carbocycles. The molecule has 1 N–H and O–H groups in total. The van der Waals surface area contributed by atoms with Crippen molar-refractivity contribution >= 4 is 27.6 Å². The van der Waals surface area contributed by atoms with Crippen LogP contribution in [0.4, 0.5) is 0 Å². The smallest absolute Gasteiger partial charge is 0.325 e. The van der Waals surface area contributed by atoms with Gasteiger partial charge in [0, 0.05) is 18.5 Å². The molecule has 1 atom stereocenters. The van der Waals surface area contributed by atoms with Crippen LogP contribution in [0, 0.1) is 23.2 Å². The molecule has 5 fully saturated rings. The number of hydrogen-bond donors (Lipinski definition) is 1. The van der Waals surface area contributed by atoms with Crippen molar-refractivity contribution in [3.8, 4) is 0 Å². The van der Waals surface area contributed by atoms with Crippen LogP contribution in [-0.2, 0) is 29.0 Å². The van der Waals surface area contributed by atoms with E-state index in [1.165, 1.54) is 31.2 Å². The van der Waals surface area contributed by atoms with Crippen LogP contribution in [-0.4, -0.2) is 68.8 Å². The number of esters is 1. The van der Waals surface area contributed by atoms with Gasteiger partial charge >= 0.3 is 5.97 Å². The van der Waals surface area contributed by atoms with Gasteiger partial charge in [0.1, 0.15) is 6.54 Å². The molecular formula is C20H30N2O6S. The molecule has 0 aromatic carbocycles. The second kappa shape index (κ2) is 7.56. The Morgan fingerprint density at radius 3 is 2.17 bits per heavy atom. The summed E-state index contributed by atoms with van der Waals surface area (Å²) >= 11 is 0. The van der Waals surface area contributed by atoms with E-state index in [2.05, 4.69) is 5.32 Å². The molecule has 1 unspecified atom stereocenters. The summed E-state index contributed by atoms with van der Waals surface area (Å²) in [5, 5.41) is 2.74. The molecule has 8 nitrogen and oxygen atoms in total. The average Bonchev–Trinajstić information content (AvgIpc) is 3.02. The van der Waals surface area contributed by atoms with Crippen molar-refractivity contribution in [2.75, 3.05) is 31.7 Å². The van der Waals surface area contributed by atoms with E-state index in [1.807, 2.05) is 0 Å². The summed E-state index contributed by atoms with van der Waals surface area (Å²) in [6.07, 6.45) is 6.90. The molecule has 0 aromatic heterocycles. The third-order valence-electron chi connectivity index (χ3n) is 7.42. The highest BCUT2D eigenvalue weighted by Crippen LogP contribution is 2.60. The van der Waals surface area contributed by atoms with Crippen LogP contribution in [0.1, 0.15) is 44.9 Å². The highest BCUT2D eigenvalue weighted by Gasteiger charge is 2.54. The summed E-state index contributed by atoms with van der Waals surface area (Å²) in [5.41, 5.74) is -0.320. The first kappa shape index (κ1) is 20.6. The SMILES string of the molecule is CN(C(=O)COC(=O)CNC(=O)C12CC3CC(CC(C3)C1)C2)C1CCS(=O)(=O)C1. The van der Waals surface area contributed by atoms with Gasteiger partial charge in [0.2, 0.25) is 5.91 Å². The van der Waals surface area contributed by atoms with Gasteiger partial charge in [-0.05, 0) is 62.7 Å². The van der Waals surface area contributed by atoms with Crippen molar-refractivity contribution in [2.45, 2.75) is 51.0 Å². The minimum Gasteiger partial charge on any atom is -0.454 e. The van der Waals surface area contributed by atoms with E-state index in [-0.39, 0.29) is 35.4 Å². The number of likely N-dealkylation sites (N-methyl/N-ethyl adjacent to an activating group) is 1. The zero-order chi connectivity index (χ0) is 20.8. The number of sulfone groups is 1. The van der Waals surface area contributed by atoms with Crippen molar-refractivity contribution in [3.05, 3.63) is 0 Å². The molecule has 5 aliphatic rings. The quantitative estimate of drug-likeness (QED) is 0.620. The Hall–Kier alpha value is -1.64. The monoisotopic (exact) mass is 426 g/mol. The second-order valence-electron chi connectivity index (χ2n) is 9.60. The maximum Gasteiger partial charge on any atom is 0.325 e. The minimum atomic E-state index is -3.09. The molecule has 0 aromatic rings. The van der Waals surface area contributed by atoms with Crippen LogP contribution in [0.5, 0.6) is 0 Å². The number of hydrogen-bond acceptors (Lipinski definition) is 6. The van der Waals surface area contributed by atoms with Gasteiger partial charge in [-0.2, -0.15) is 0 Å². The molecule has 29 heavy (non-hydrogen) atoms. The highest BCUT2D eigenvalue weighted by molar-refractivity contribution is 7.91. The highest BCUT2D eigenvalue weighted by atomic mass is 32.2. The molecule has 1 heterocycles. The van der Waals surface area contributed by atoms with Crippen LogP contribution in [0.3, 0.4) is 0 Å². The van der Waals surface area contributed by atoms with Gasteiger partial charge < -0.3 is 15.0 Å². The van der Waals surface area contributed by atoms with E-state index >= 15 is 0 Å². The number of carbonyl (C=O) groups is 3. The summed E-state index contributed by atoms with van der Waals surface area (Å²) in [4.78, 5) is 38.4. The lowest BCUT2D eigenvalue weighted by molar-refractivity contribution is -0.154. The van der Waals surface area contributed by atoms with Crippen LogP contribution in [0.2, 0.25) is 0 Å². The van der Waals surface area contributed by atoms with Gasteiger partial charge in [-0.3, -0.25) is 14.4 Å². The van der Waals surface area contributed by atoms with Crippen LogP contribution in [0.15, 0.2) is 0 Å². The van der Waals surface area contributed by atoms with E-state index < -0.39 is 28.3 Å². The molecule has 1 saturated heterocycles. The maximum atomic E-state index is 12.8. The number of rotatable bonds is 6. The van der Waals surface area contributed by atoms with Crippen molar-refractivity contribution in [1.82, 2.24) is 10.2 Å². The largest absolute Gasteiger partial charge is 0.454 e. The first-order valence-electron chi connectivity index (χ1n) is 10.6. The molecule has 1 aliphatic heterocycles. The first-order chi connectivity index (χ1) is 13.7. The van der Waals surface area contributed by atoms with Gasteiger partial charge in [0.25, 0.3) is 5.91 Å². The third kappa shape index (κ3) is 4.29. The van der Waals surface area contributed by atoms with Gasteiger partial charge in [-0.15, -0.1) is 0 Å². The summed E-state index contributed by atoms with van der Waals surface area (Å²) < 4.78 is 28.1. The summed E-state index contributed by atoms with van der Waals surface area (Å²) in [6, 6.07) is -0.373. The normalized spacial score (nSPS) is 36.6. The van der Waals surface area contributed by atoms with Crippen molar-refractivity contribution in [2.24, 2.45) is 23.2 Å². The van der Waals surface area contributed by atoms with E-state index in [0.29, 0.717) is 24.2 Å². The maximum absolute atomic E-state index is 12.8. The van der Waals surface area contributed by atoms with E-state index in [1.54, 1.807) is 0 Å². The summed E-state index contributed by atoms with van der Waals surface area (Å²) in [7, 11) is -1.57. The number of nitrogens with zero attached hydrogens (tertiary/aromatic N) is 1. The fourth-order valence-electron chi connectivity index (χ4n) is 6.31. The predicted octanol–water partition coefficient (Wildman–Crippen LogP) is 0.508. The van der Waals surface area contributed by atoms with E-state index in [4.69, 9.17) is 4.74 Å². The Bertz CT molecular complexity index is 773. The molecule has 2 amide bonds. The fraction of sp³-hybridized carbons (Fsp3) is 0.850. The molecule has 9 heteroatoms. The number of ether oxygens (including phenoxy) is 1. The van der Waals surface area contributed by atoms with E-state index in [0.717, 1.165) is 19.3 Å². The van der Waals surface area contributed by atoms with Crippen molar-refractivity contribution in [3.63, 3.8) is 0 Å². The van der Waals surface area contributed by atoms with Gasteiger partial charge in [-0.25, -0.2) is 8.42 Å². The van der Waals surface area contributed by atoms with E-state index in [9.17, 15) is 22.8 Å². The lowest BCUT2D eigenvalue weighted by Crippen LogP contribution is -2.54. The molecule has 0 radical (unpaired) electrons. The van der Waals surface area contributed by atoms with Crippen LogP contribution >= 0.6 is 0 Å². The Kier molecular flexibility index (Phi) is 5.38. The van der Waals surface area contributed by atoms with Gasteiger partial charge in [0.05, 0.1) is 11.5 Å². The Morgan fingerprint density at radius 1 is 1.07 bits per heavy atom. The lowest BCUT2D eigenvalue weighted by atomic mass is 9.49. The van der Waals surface area contributed by atoms with Crippen molar-refractivity contribution < 1.29 is 27.5 Å². The zero-order valence-electron chi connectivity index (χ0n) is 16.9. The van der Waals surface area contributed by atoms with Gasteiger partial charge in [-0.1, -0.05) is 0 Å². The number of nitrogens with one attached hydrogen (secondary N) is 1. The number of carbonyl (C=O) groups excluding carboxylic acids is 3. The molecule has 4 bridgehead atoms. The van der Waals surface area contributed by atoms with Gasteiger partial charge in [0.15, 0.2) is 16.4 Å². The molecular weight excluding hydrogens is 396 g/mol. The lowest BCUT2D eigenvalue weighted by Gasteiger charge is -2.55. The molecule has 0 spiro atoms. The Labute approximate surface area is 171 Å². The zero-order valence-corrected chi connectivity index (χ0v) is 17.7. The molecule has 162 valence electrons. The summed E-state index contributed by atoms with van der Waals surface area (Å²) in [6.45, 7) is -0.686. The molecule has 5 rings (SSSR count). The van der Waals surface area contributed by atoms with Crippen molar-refractivity contribution in [1.29, 1.82) is 0 Å². The summed E-state index contributed by atoms with van der Waals surface area (Å²) in [5.74, 6) is 0.824. The number of amides is 2. The third-order valence-corrected chi connectivity index (χ3v) is 9.17. The fourth-order valence-corrected chi connectivity index (χ4v) is 8.08. The Balaban J connectivity index is 1.21. The standard InChI is InChI=1S/C20H30N2O6S/c1-22(16-2-3-29(26,27)12-16)17(23)11-28-18(24)10-21-19(25)20-7-13-4-14(8-20)6-15(5-13)9-20/h13-16H,2-12H2,1H3,(H,21,25). The Morgan fingerprint density at radius 2 is 1.66 bits per heavy atom. The first-order valence-corrected chi connectivity index (χ1v) is 12.4.